The Morgan fingerprint density at radius 2 is 1.94 bits per heavy atom. The molecule has 0 amide bonds. The monoisotopic (exact) mass is 233 g/mol. The van der Waals surface area contributed by atoms with Crippen LogP contribution in [0.2, 0.25) is 0 Å². The Labute approximate surface area is 99.4 Å². The van der Waals surface area contributed by atoms with Crippen molar-refractivity contribution in [3.8, 4) is 0 Å². The lowest BCUT2D eigenvalue weighted by Gasteiger charge is -2.21. The summed E-state index contributed by atoms with van der Waals surface area (Å²) < 4.78 is 0. The summed E-state index contributed by atoms with van der Waals surface area (Å²) in [6.07, 6.45) is 3.10. The van der Waals surface area contributed by atoms with Crippen molar-refractivity contribution < 1.29 is 10.0 Å². The van der Waals surface area contributed by atoms with E-state index in [-0.39, 0.29) is 16.7 Å². The van der Waals surface area contributed by atoms with Gasteiger partial charge in [0.25, 0.3) is 5.69 Å². The smallest absolute Gasteiger partial charge is 0.269 e. The largest absolute Gasteiger partial charge is 0.393 e. The highest BCUT2D eigenvalue weighted by atomic mass is 16.6. The van der Waals surface area contributed by atoms with Gasteiger partial charge in [-0.3, -0.25) is 10.1 Å². The fraction of sp³-hybridized carbons (Fsp3) is 0.538. The zero-order valence-corrected chi connectivity index (χ0v) is 9.45. The van der Waals surface area contributed by atoms with Crippen LogP contribution in [0, 0.1) is 22.0 Å². The third-order valence-corrected chi connectivity index (χ3v) is 4.40. The number of benzene rings is 1. The quantitative estimate of drug-likeness (QED) is 0.630. The van der Waals surface area contributed by atoms with Crippen molar-refractivity contribution in [2.75, 3.05) is 0 Å². The molecule has 0 heterocycles. The average molecular weight is 233 g/mol. The Kier molecular flexibility index (Phi) is 2.40. The lowest BCUT2D eigenvalue weighted by atomic mass is 9.83. The van der Waals surface area contributed by atoms with E-state index in [2.05, 4.69) is 0 Å². The Balaban J connectivity index is 1.84. The van der Waals surface area contributed by atoms with Crippen LogP contribution in [0.1, 0.15) is 30.7 Å². The number of non-ortho nitro benzene ring substituents is 1. The molecule has 0 radical (unpaired) electrons. The summed E-state index contributed by atoms with van der Waals surface area (Å²) in [5.74, 6) is 1.20. The Morgan fingerprint density at radius 1 is 1.24 bits per heavy atom. The van der Waals surface area contributed by atoms with Crippen LogP contribution in [0.25, 0.3) is 0 Å². The van der Waals surface area contributed by atoms with Crippen molar-refractivity contribution >= 4 is 5.69 Å². The molecule has 0 saturated heterocycles. The predicted octanol–water partition coefficient (Wildman–Crippen LogP) is 2.47. The van der Waals surface area contributed by atoms with Crippen LogP contribution >= 0.6 is 0 Å². The molecule has 1 aromatic carbocycles. The number of aliphatic hydroxyl groups excluding tert-OH is 1. The van der Waals surface area contributed by atoms with E-state index in [0.29, 0.717) is 17.8 Å². The van der Waals surface area contributed by atoms with Gasteiger partial charge in [-0.25, -0.2) is 0 Å². The summed E-state index contributed by atoms with van der Waals surface area (Å²) in [6.45, 7) is 0. The fourth-order valence-corrected chi connectivity index (χ4v) is 3.52. The average Bonchev–Trinajstić information content (AvgIpc) is 2.85. The zero-order valence-electron chi connectivity index (χ0n) is 9.45. The first-order valence-corrected chi connectivity index (χ1v) is 6.09. The lowest BCUT2D eigenvalue weighted by Crippen LogP contribution is -2.14. The molecule has 90 valence electrons. The van der Waals surface area contributed by atoms with Gasteiger partial charge in [-0.2, -0.15) is 0 Å². The Hall–Kier alpha value is -1.42. The van der Waals surface area contributed by atoms with Gasteiger partial charge in [-0.15, -0.1) is 0 Å². The van der Waals surface area contributed by atoms with E-state index < -0.39 is 0 Å². The van der Waals surface area contributed by atoms with Gasteiger partial charge < -0.3 is 5.11 Å². The van der Waals surface area contributed by atoms with Crippen LogP contribution in [0.3, 0.4) is 0 Å². The first kappa shape index (κ1) is 10.7. The molecule has 4 heteroatoms. The van der Waals surface area contributed by atoms with Gasteiger partial charge in [0.1, 0.15) is 0 Å². The van der Waals surface area contributed by atoms with Gasteiger partial charge in [-0.1, -0.05) is 12.1 Å². The van der Waals surface area contributed by atoms with Crippen molar-refractivity contribution in [3.05, 3.63) is 39.9 Å². The number of fused-ring (bicyclic) bond motifs is 2. The molecule has 0 unspecified atom stereocenters. The topological polar surface area (TPSA) is 63.4 Å². The number of nitro benzene ring substituents is 1. The molecule has 0 aliphatic heterocycles. The summed E-state index contributed by atoms with van der Waals surface area (Å²) >= 11 is 0. The molecule has 3 rings (SSSR count). The van der Waals surface area contributed by atoms with Crippen LogP contribution in [-0.2, 0) is 0 Å². The maximum absolute atomic E-state index is 10.6. The molecule has 2 saturated carbocycles. The SMILES string of the molecule is O=[N+]([O-])c1ccc([C@H]2C[C@H]3CC[C@@H]2[C@@H]3O)cc1. The van der Waals surface area contributed by atoms with Gasteiger partial charge in [0.15, 0.2) is 0 Å². The molecule has 4 atom stereocenters. The highest BCUT2D eigenvalue weighted by molar-refractivity contribution is 5.35. The van der Waals surface area contributed by atoms with E-state index in [1.807, 2.05) is 12.1 Å². The Morgan fingerprint density at radius 3 is 2.41 bits per heavy atom. The second-order valence-electron chi connectivity index (χ2n) is 5.18. The summed E-state index contributed by atoms with van der Waals surface area (Å²) in [6, 6.07) is 6.81. The minimum Gasteiger partial charge on any atom is -0.393 e. The van der Waals surface area contributed by atoms with E-state index in [0.717, 1.165) is 24.8 Å². The number of nitrogens with zero attached hydrogens (tertiary/aromatic N) is 1. The van der Waals surface area contributed by atoms with E-state index in [9.17, 15) is 15.2 Å². The minimum absolute atomic E-state index is 0.137. The highest BCUT2D eigenvalue weighted by Crippen LogP contribution is 2.52. The maximum Gasteiger partial charge on any atom is 0.269 e. The summed E-state index contributed by atoms with van der Waals surface area (Å²) in [5.41, 5.74) is 1.28. The second kappa shape index (κ2) is 3.81. The molecule has 4 nitrogen and oxygen atoms in total. The van der Waals surface area contributed by atoms with E-state index >= 15 is 0 Å². The molecular weight excluding hydrogens is 218 g/mol. The van der Waals surface area contributed by atoms with Gasteiger partial charge in [0.05, 0.1) is 11.0 Å². The molecule has 2 fully saturated rings. The third-order valence-electron chi connectivity index (χ3n) is 4.40. The van der Waals surface area contributed by atoms with Gasteiger partial charge in [0, 0.05) is 12.1 Å². The van der Waals surface area contributed by atoms with Crippen LogP contribution < -0.4 is 0 Å². The minimum atomic E-state index is -0.376. The number of hydrogen-bond donors (Lipinski definition) is 1. The first-order chi connectivity index (χ1) is 8.16. The lowest BCUT2D eigenvalue weighted by molar-refractivity contribution is -0.384. The standard InChI is InChI=1S/C13H15NO3/c15-13-9-3-6-11(13)12(7-9)8-1-4-10(5-2-8)14(16)17/h1-2,4-5,9,11-13,15H,3,6-7H2/t9-,11+,12-,13-/m1/s1. The maximum atomic E-state index is 10.6. The van der Waals surface area contributed by atoms with E-state index in [1.165, 1.54) is 0 Å². The molecule has 2 aliphatic carbocycles. The molecule has 0 spiro atoms. The van der Waals surface area contributed by atoms with Crippen LogP contribution in [-0.4, -0.2) is 16.1 Å². The van der Waals surface area contributed by atoms with Gasteiger partial charge in [0.2, 0.25) is 0 Å². The van der Waals surface area contributed by atoms with Crippen molar-refractivity contribution in [2.24, 2.45) is 11.8 Å². The van der Waals surface area contributed by atoms with Crippen LogP contribution in [0.5, 0.6) is 0 Å². The van der Waals surface area contributed by atoms with Gasteiger partial charge in [-0.05, 0) is 42.6 Å². The molecule has 2 aliphatic rings. The van der Waals surface area contributed by atoms with Gasteiger partial charge >= 0.3 is 0 Å². The Bertz CT molecular complexity index is 442. The molecule has 1 aromatic rings. The number of rotatable bonds is 2. The van der Waals surface area contributed by atoms with Crippen molar-refractivity contribution in [2.45, 2.75) is 31.3 Å². The number of aliphatic hydroxyl groups is 1. The van der Waals surface area contributed by atoms with Crippen molar-refractivity contribution in [3.63, 3.8) is 0 Å². The van der Waals surface area contributed by atoms with Crippen LogP contribution in [0.4, 0.5) is 5.69 Å². The zero-order chi connectivity index (χ0) is 12.0. The summed E-state index contributed by atoms with van der Waals surface area (Å²) in [7, 11) is 0. The number of hydrogen-bond acceptors (Lipinski definition) is 3. The normalized spacial score (nSPS) is 35.1. The molecule has 1 N–H and O–H groups in total. The van der Waals surface area contributed by atoms with Crippen molar-refractivity contribution in [1.82, 2.24) is 0 Å². The second-order valence-corrected chi connectivity index (χ2v) is 5.18. The number of nitro groups is 1. The van der Waals surface area contributed by atoms with Crippen LogP contribution in [0.15, 0.2) is 24.3 Å². The fourth-order valence-electron chi connectivity index (χ4n) is 3.52. The van der Waals surface area contributed by atoms with Crippen molar-refractivity contribution in [1.29, 1.82) is 0 Å². The molecule has 17 heavy (non-hydrogen) atoms. The molecule has 0 aromatic heterocycles. The first-order valence-electron chi connectivity index (χ1n) is 6.09. The predicted molar refractivity (Wildman–Crippen MR) is 62.7 cm³/mol. The summed E-state index contributed by atoms with van der Waals surface area (Å²) in [4.78, 5) is 10.2. The van der Waals surface area contributed by atoms with E-state index in [4.69, 9.17) is 0 Å². The molecular formula is C13H15NO3. The molecule has 2 bridgehead atoms. The summed E-state index contributed by atoms with van der Waals surface area (Å²) in [5, 5.41) is 20.6. The van der Waals surface area contributed by atoms with E-state index in [1.54, 1.807) is 12.1 Å². The highest BCUT2D eigenvalue weighted by Gasteiger charge is 2.47. The third kappa shape index (κ3) is 1.63.